The van der Waals surface area contributed by atoms with Crippen molar-refractivity contribution in [1.82, 2.24) is 4.31 Å². The monoisotopic (exact) mass is 266 g/mol. The second kappa shape index (κ2) is 5.39. The Hall–Kier alpha value is -0.240. The quantitative estimate of drug-likeness (QED) is 0.731. The van der Waals surface area contributed by atoms with Gasteiger partial charge in [0.2, 0.25) is 10.0 Å². The zero-order valence-corrected chi connectivity index (χ0v) is 11.2. The van der Waals surface area contributed by atoms with Gasteiger partial charge in [0.05, 0.1) is 17.7 Å². The summed E-state index contributed by atoms with van der Waals surface area (Å²) in [6.07, 6.45) is 0.646. The molecule has 1 saturated heterocycles. The van der Waals surface area contributed by atoms with E-state index >= 15 is 0 Å². The van der Waals surface area contributed by atoms with Crippen molar-refractivity contribution >= 4 is 27.2 Å². The van der Waals surface area contributed by atoms with Crippen LogP contribution in [0, 0.1) is 0 Å². The number of hydrogen-bond acceptors (Lipinski definition) is 4. The van der Waals surface area contributed by atoms with Gasteiger partial charge in [-0.1, -0.05) is 19.1 Å². The number of rotatable bonds is 4. The van der Waals surface area contributed by atoms with Gasteiger partial charge in [0.15, 0.2) is 0 Å². The molecule has 16 heavy (non-hydrogen) atoms. The van der Waals surface area contributed by atoms with Crippen LogP contribution in [0.15, 0.2) is 0 Å². The number of morpholine rings is 1. The molecule has 2 unspecified atom stereocenters. The predicted molar refractivity (Wildman–Crippen MR) is 66.8 cm³/mol. The summed E-state index contributed by atoms with van der Waals surface area (Å²) in [6, 6.07) is -0.101. The minimum Gasteiger partial charge on any atom is -0.392 e. The molecule has 7 heteroatoms. The molecule has 2 atom stereocenters. The van der Waals surface area contributed by atoms with Crippen LogP contribution in [0.25, 0.3) is 0 Å². The van der Waals surface area contributed by atoms with E-state index in [1.54, 1.807) is 0 Å². The third-order valence-corrected chi connectivity index (χ3v) is 4.74. The van der Waals surface area contributed by atoms with Crippen molar-refractivity contribution in [2.45, 2.75) is 32.4 Å². The Morgan fingerprint density at radius 2 is 2.25 bits per heavy atom. The highest BCUT2D eigenvalue weighted by Crippen LogP contribution is 2.18. The lowest BCUT2D eigenvalue weighted by atomic mass is 10.2. The molecule has 0 aliphatic carbocycles. The first-order valence-corrected chi connectivity index (χ1v) is 7.28. The third-order valence-electron chi connectivity index (χ3n) is 2.57. The summed E-state index contributed by atoms with van der Waals surface area (Å²) in [4.78, 5) is 0.00833. The predicted octanol–water partition coefficient (Wildman–Crippen LogP) is 0.102. The highest BCUT2D eigenvalue weighted by atomic mass is 32.2. The van der Waals surface area contributed by atoms with Crippen molar-refractivity contribution in [3.05, 3.63) is 0 Å². The Morgan fingerprint density at radius 3 is 2.75 bits per heavy atom. The smallest absolute Gasteiger partial charge is 0.221 e. The van der Waals surface area contributed by atoms with E-state index in [0.29, 0.717) is 13.2 Å². The lowest BCUT2D eigenvalue weighted by Gasteiger charge is -2.37. The van der Waals surface area contributed by atoms with Crippen molar-refractivity contribution in [3.8, 4) is 0 Å². The van der Waals surface area contributed by atoms with Gasteiger partial charge in [0, 0.05) is 12.6 Å². The van der Waals surface area contributed by atoms with Crippen LogP contribution in [0.5, 0.6) is 0 Å². The minimum atomic E-state index is -3.39. The molecular weight excluding hydrogens is 248 g/mol. The second-order valence-corrected chi connectivity index (χ2v) is 6.44. The fourth-order valence-corrected chi connectivity index (χ4v) is 3.81. The average molecular weight is 266 g/mol. The van der Waals surface area contributed by atoms with E-state index in [9.17, 15) is 8.42 Å². The van der Waals surface area contributed by atoms with E-state index in [1.807, 2.05) is 13.8 Å². The van der Waals surface area contributed by atoms with Crippen molar-refractivity contribution in [1.29, 1.82) is 0 Å². The Labute approximate surface area is 102 Å². The Balaban J connectivity index is 2.85. The van der Waals surface area contributed by atoms with Crippen LogP contribution < -0.4 is 5.73 Å². The standard InChI is InChI=1S/C9H18N2O3S2/c1-3-8-5-14-7(2)4-11(8)16(12,13)6-9(10)15/h7-8H,3-6H2,1-2H3,(H2,10,15). The Morgan fingerprint density at radius 1 is 1.62 bits per heavy atom. The van der Waals surface area contributed by atoms with Crippen LogP contribution in [0.1, 0.15) is 20.3 Å². The molecule has 1 aliphatic heterocycles. The van der Waals surface area contributed by atoms with Gasteiger partial charge >= 0.3 is 0 Å². The second-order valence-electron chi connectivity index (χ2n) is 4.00. The van der Waals surface area contributed by atoms with Gasteiger partial charge in [0.1, 0.15) is 5.75 Å². The molecule has 0 aromatic heterocycles. The molecule has 1 fully saturated rings. The molecule has 5 nitrogen and oxygen atoms in total. The molecule has 2 N–H and O–H groups in total. The van der Waals surface area contributed by atoms with Gasteiger partial charge in [-0.2, -0.15) is 4.31 Å². The van der Waals surface area contributed by atoms with E-state index in [-0.39, 0.29) is 22.9 Å². The van der Waals surface area contributed by atoms with Crippen LogP contribution >= 0.6 is 12.2 Å². The molecule has 0 spiro atoms. The van der Waals surface area contributed by atoms with Crippen LogP contribution in [-0.2, 0) is 14.8 Å². The van der Waals surface area contributed by atoms with E-state index < -0.39 is 10.0 Å². The van der Waals surface area contributed by atoms with Gasteiger partial charge in [-0.15, -0.1) is 0 Å². The van der Waals surface area contributed by atoms with Gasteiger partial charge in [-0.25, -0.2) is 8.42 Å². The van der Waals surface area contributed by atoms with E-state index in [2.05, 4.69) is 12.2 Å². The average Bonchev–Trinajstić information content (AvgIpc) is 2.15. The van der Waals surface area contributed by atoms with Crippen molar-refractivity contribution in [2.75, 3.05) is 18.9 Å². The number of ether oxygens (including phenoxy) is 1. The van der Waals surface area contributed by atoms with Crippen LogP contribution in [0.4, 0.5) is 0 Å². The van der Waals surface area contributed by atoms with Crippen LogP contribution in [0.2, 0.25) is 0 Å². The summed E-state index contributed by atoms with van der Waals surface area (Å²) in [6.45, 7) is 4.61. The SMILES string of the molecule is CCC1COC(C)CN1S(=O)(=O)CC(N)=S. The molecule has 1 rings (SSSR count). The first-order valence-electron chi connectivity index (χ1n) is 5.26. The normalized spacial score (nSPS) is 27.9. The van der Waals surface area contributed by atoms with Crippen molar-refractivity contribution in [2.24, 2.45) is 5.73 Å². The summed E-state index contributed by atoms with van der Waals surface area (Å²) in [7, 11) is -3.39. The molecule has 0 aromatic carbocycles. The Kier molecular flexibility index (Phi) is 4.66. The van der Waals surface area contributed by atoms with Crippen molar-refractivity contribution < 1.29 is 13.2 Å². The molecule has 94 valence electrons. The van der Waals surface area contributed by atoms with Crippen molar-refractivity contribution in [3.63, 3.8) is 0 Å². The zero-order chi connectivity index (χ0) is 12.3. The fourth-order valence-electron chi connectivity index (χ4n) is 1.74. The fraction of sp³-hybridized carbons (Fsp3) is 0.889. The molecule has 0 saturated carbocycles. The molecule has 0 amide bonds. The molecule has 1 aliphatic rings. The first-order chi connectivity index (χ1) is 7.36. The molecule has 0 bridgehead atoms. The van der Waals surface area contributed by atoms with E-state index in [4.69, 9.17) is 10.5 Å². The summed E-state index contributed by atoms with van der Waals surface area (Å²) in [5.41, 5.74) is 5.30. The molecule has 1 heterocycles. The lowest BCUT2D eigenvalue weighted by Crippen LogP contribution is -2.52. The minimum absolute atomic E-state index is 0.00833. The maximum Gasteiger partial charge on any atom is 0.221 e. The van der Waals surface area contributed by atoms with Gasteiger partial charge < -0.3 is 10.5 Å². The zero-order valence-electron chi connectivity index (χ0n) is 9.55. The maximum absolute atomic E-state index is 12.0. The summed E-state index contributed by atoms with van der Waals surface area (Å²) < 4.78 is 30.9. The summed E-state index contributed by atoms with van der Waals surface area (Å²) in [5, 5.41) is 0. The number of thiocarbonyl (C=S) groups is 1. The molecule has 0 radical (unpaired) electrons. The van der Waals surface area contributed by atoms with Crippen LogP contribution in [0.3, 0.4) is 0 Å². The summed E-state index contributed by atoms with van der Waals surface area (Å²) in [5.74, 6) is -0.258. The largest absolute Gasteiger partial charge is 0.392 e. The van der Waals surface area contributed by atoms with E-state index in [0.717, 1.165) is 6.42 Å². The first kappa shape index (κ1) is 13.8. The molecule has 0 aromatic rings. The summed E-state index contributed by atoms with van der Waals surface area (Å²) >= 11 is 4.66. The van der Waals surface area contributed by atoms with Gasteiger partial charge in [0.25, 0.3) is 0 Å². The number of hydrogen-bond donors (Lipinski definition) is 1. The molecular formula is C9H18N2O3S2. The van der Waals surface area contributed by atoms with E-state index in [1.165, 1.54) is 4.31 Å². The number of sulfonamides is 1. The number of nitrogens with two attached hydrogens (primary N) is 1. The maximum atomic E-state index is 12.0. The topological polar surface area (TPSA) is 72.6 Å². The third kappa shape index (κ3) is 3.38. The lowest BCUT2D eigenvalue weighted by molar-refractivity contribution is -0.0228. The number of nitrogens with zero attached hydrogens (tertiary/aromatic N) is 1. The van der Waals surface area contributed by atoms with Crippen LogP contribution in [-0.4, -0.2) is 48.8 Å². The Bertz CT molecular complexity index is 356. The highest BCUT2D eigenvalue weighted by Gasteiger charge is 2.34. The van der Waals surface area contributed by atoms with Gasteiger partial charge in [-0.3, -0.25) is 0 Å². The highest BCUT2D eigenvalue weighted by molar-refractivity contribution is 7.92. The van der Waals surface area contributed by atoms with Gasteiger partial charge in [-0.05, 0) is 13.3 Å².